The van der Waals surface area contributed by atoms with Crippen molar-refractivity contribution in [3.05, 3.63) is 82.9 Å². The van der Waals surface area contributed by atoms with Crippen molar-refractivity contribution in [1.29, 1.82) is 0 Å². The number of benzene rings is 3. The Morgan fingerprint density at radius 1 is 0.963 bits per heavy atom. The summed E-state index contributed by atoms with van der Waals surface area (Å²) in [5.74, 6) is -0.218. The van der Waals surface area contributed by atoms with Crippen molar-refractivity contribution < 1.29 is 9.59 Å². The summed E-state index contributed by atoms with van der Waals surface area (Å²) >= 11 is 0. The lowest BCUT2D eigenvalue weighted by molar-refractivity contribution is -0.131. The smallest absolute Gasteiger partial charge is 0.319 e. The number of nitrogens with zero attached hydrogens (tertiary/aromatic N) is 1. The number of imide groups is 1. The van der Waals surface area contributed by atoms with Crippen molar-refractivity contribution in [1.82, 2.24) is 10.2 Å². The molecule has 3 amide bonds. The molecule has 4 nitrogen and oxygen atoms in total. The summed E-state index contributed by atoms with van der Waals surface area (Å²) < 4.78 is 0. The molecule has 1 aliphatic heterocycles. The first-order valence-electron chi connectivity index (χ1n) is 9.08. The molecule has 1 aliphatic rings. The summed E-state index contributed by atoms with van der Waals surface area (Å²) in [5, 5.41) is 4.95. The van der Waals surface area contributed by atoms with Gasteiger partial charge >= 0.3 is 6.03 Å². The summed E-state index contributed by atoms with van der Waals surface area (Å²) in [7, 11) is 0. The predicted molar refractivity (Wildman–Crippen MR) is 106 cm³/mol. The highest BCUT2D eigenvalue weighted by molar-refractivity contribution is 6.09. The van der Waals surface area contributed by atoms with Gasteiger partial charge in [-0.1, -0.05) is 66.2 Å². The zero-order valence-electron chi connectivity index (χ0n) is 15.7. The Kier molecular flexibility index (Phi) is 3.99. The van der Waals surface area contributed by atoms with Crippen molar-refractivity contribution in [2.75, 3.05) is 0 Å². The van der Waals surface area contributed by atoms with Crippen LogP contribution in [0.1, 0.15) is 29.2 Å². The lowest BCUT2D eigenvalue weighted by atomic mass is 9.87. The fourth-order valence-corrected chi connectivity index (χ4v) is 3.83. The van der Waals surface area contributed by atoms with Gasteiger partial charge in [-0.2, -0.15) is 0 Å². The molecule has 4 rings (SSSR count). The fourth-order valence-electron chi connectivity index (χ4n) is 3.83. The zero-order valence-corrected chi connectivity index (χ0v) is 15.7. The van der Waals surface area contributed by atoms with Crippen molar-refractivity contribution in [2.45, 2.75) is 32.9 Å². The van der Waals surface area contributed by atoms with Crippen LogP contribution in [0.15, 0.2) is 60.7 Å². The molecule has 1 atom stereocenters. The van der Waals surface area contributed by atoms with Gasteiger partial charge in [0.1, 0.15) is 5.54 Å². The molecule has 3 aromatic carbocycles. The number of fused-ring (bicyclic) bond motifs is 1. The second-order valence-corrected chi connectivity index (χ2v) is 7.40. The first kappa shape index (κ1) is 17.3. The average molecular weight is 358 g/mol. The molecular weight excluding hydrogens is 336 g/mol. The van der Waals surface area contributed by atoms with Crippen LogP contribution in [0.25, 0.3) is 10.8 Å². The topological polar surface area (TPSA) is 49.4 Å². The highest BCUT2D eigenvalue weighted by atomic mass is 16.2. The SMILES string of the molecule is Cc1ccc(C)c(CN2C(=O)N[C@@](C)(c3cccc4ccccc34)C2=O)c1. The average Bonchev–Trinajstić information content (AvgIpc) is 2.88. The van der Waals surface area contributed by atoms with Crippen molar-refractivity contribution in [3.63, 3.8) is 0 Å². The Morgan fingerprint density at radius 2 is 1.70 bits per heavy atom. The molecule has 1 saturated heterocycles. The molecule has 1 N–H and O–H groups in total. The van der Waals surface area contributed by atoms with Crippen LogP contribution in [-0.2, 0) is 16.9 Å². The van der Waals surface area contributed by atoms with E-state index in [0.29, 0.717) is 0 Å². The number of urea groups is 1. The van der Waals surface area contributed by atoms with Gasteiger partial charge in [0.15, 0.2) is 0 Å². The summed E-state index contributed by atoms with van der Waals surface area (Å²) in [4.78, 5) is 27.4. The van der Waals surface area contributed by atoms with Gasteiger partial charge in [0, 0.05) is 0 Å². The normalized spacial score (nSPS) is 19.6. The maximum absolute atomic E-state index is 13.3. The van der Waals surface area contributed by atoms with Crippen LogP contribution < -0.4 is 5.32 Å². The van der Waals surface area contributed by atoms with E-state index in [-0.39, 0.29) is 18.5 Å². The first-order valence-corrected chi connectivity index (χ1v) is 9.08. The summed E-state index contributed by atoms with van der Waals surface area (Å²) in [6.07, 6.45) is 0. The van der Waals surface area contributed by atoms with Crippen LogP contribution >= 0.6 is 0 Å². The monoisotopic (exact) mass is 358 g/mol. The highest BCUT2D eigenvalue weighted by Crippen LogP contribution is 2.34. The Morgan fingerprint density at radius 3 is 2.52 bits per heavy atom. The molecule has 0 radical (unpaired) electrons. The van der Waals surface area contributed by atoms with Gasteiger partial charge in [-0.25, -0.2) is 4.79 Å². The van der Waals surface area contributed by atoms with Gasteiger partial charge in [0.05, 0.1) is 6.54 Å². The Balaban J connectivity index is 1.74. The minimum atomic E-state index is -1.07. The lowest BCUT2D eigenvalue weighted by Crippen LogP contribution is -2.41. The molecule has 0 spiro atoms. The van der Waals surface area contributed by atoms with Crippen LogP contribution in [-0.4, -0.2) is 16.8 Å². The van der Waals surface area contributed by atoms with E-state index in [0.717, 1.165) is 33.0 Å². The number of hydrogen-bond donors (Lipinski definition) is 1. The van der Waals surface area contributed by atoms with Crippen LogP contribution in [0.3, 0.4) is 0 Å². The Hall–Kier alpha value is -3.14. The van der Waals surface area contributed by atoms with E-state index < -0.39 is 5.54 Å². The molecule has 0 bridgehead atoms. The summed E-state index contributed by atoms with van der Waals surface area (Å²) in [6.45, 7) is 6.07. The number of aryl methyl sites for hydroxylation is 2. The number of rotatable bonds is 3. The van der Waals surface area contributed by atoms with Crippen molar-refractivity contribution in [3.8, 4) is 0 Å². The predicted octanol–water partition coefficient (Wildman–Crippen LogP) is 4.42. The molecule has 27 heavy (non-hydrogen) atoms. The number of hydrogen-bond acceptors (Lipinski definition) is 2. The largest absolute Gasteiger partial charge is 0.325 e. The van der Waals surface area contributed by atoms with Crippen LogP contribution in [0.2, 0.25) is 0 Å². The van der Waals surface area contributed by atoms with E-state index >= 15 is 0 Å². The molecule has 1 heterocycles. The zero-order chi connectivity index (χ0) is 19.2. The van der Waals surface area contributed by atoms with Crippen molar-refractivity contribution in [2.24, 2.45) is 0 Å². The standard InChI is InChI=1S/C23H22N2O2/c1-15-11-12-16(2)18(13-15)14-25-21(26)23(3,24-22(25)27)20-10-6-8-17-7-4-5-9-19(17)20/h4-13H,14H2,1-3H3,(H,24,27)/t23-/m0/s1. The molecule has 0 unspecified atom stereocenters. The first-order chi connectivity index (χ1) is 12.9. The molecule has 4 heteroatoms. The van der Waals surface area contributed by atoms with Gasteiger partial charge < -0.3 is 5.32 Å². The van der Waals surface area contributed by atoms with Gasteiger partial charge in [0.25, 0.3) is 5.91 Å². The molecular formula is C23H22N2O2. The number of amides is 3. The van der Waals surface area contributed by atoms with Crippen LogP contribution in [0.4, 0.5) is 4.79 Å². The number of carbonyl (C=O) groups excluding carboxylic acids is 2. The van der Waals surface area contributed by atoms with E-state index in [1.165, 1.54) is 4.90 Å². The molecule has 0 aliphatic carbocycles. The Bertz CT molecular complexity index is 1070. The number of nitrogens with one attached hydrogen (secondary N) is 1. The molecule has 136 valence electrons. The molecule has 1 fully saturated rings. The van der Waals surface area contributed by atoms with E-state index in [1.807, 2.05) is 74.5 Å². The van der Waals surface area contributed by atoms with Crippen LogP contribution in [0, 0.1) is 13.8 Å². The van der Waals surface area contributed by atoms with E-state index in [4.69, 9.17) is 0 Å². The third-order valence-electron chi connectivity index (χ3n) is 5.44. The van der Waals surface area contributed by atoms with E-state index in [1.54, 1.807) is 6.92 Å². The van der Waals surface area contributed by atoms with Gasteiger partial charge in [-0.15, -0.1) is 0 Å². The van der Waals surface area contributed by atoms with Gasteiger partial charge in [-0.3, -0.25) is 9.69 Å². The summed E-state index contributed by atoms with van der Waals surface area (Å²) in [6, 6.07) is 19.5. The Labute approximate surface area is 158 Å². The van der Waals surface area contributed by atoms with E-state index in [9.17, 15) is 9.59 Å². The second kappa shape index (κ2) is 6.23. The van der Waals surface area contributed by atoms with Gasteiger partial charge in [0.2, 0.25) is 0 Å². The van der Waals surface area contributed by atoms with Crippen molar-refractivity contribution >= 4 is 22.7 Å². The maximum Gasteiger partial charge on any atom is 0.325 e. The minimum Gasteiger partial charge on any atom is -0.319 e. The molecule has 0 saturated carbocycles. The minimum absolute atomic E-state index is 0.218. The quantitative estimate of drug-likeness (QED) is 0.705. The molecule has 0 aromatic heterocycles. The maximum atomic E-state index is 13.3. The van der Waals surface area contributed by atoms with Crippen LogP contribution in [0.5, 0.6) is 0 Å². The number of carbonyl (C=O) groups is 2. The third-order valence-corrected chi connectivity index (χ3v) is 5.44. The van der Waals surface area contributed by atoms with E-state index in [2.05, 4.69) is 5.32 Å². The fraction of sp³-hybridized carbons (Fsp3) is 0.217. The third kappa shape index (κ3) is 2.78. The van der Waals surface area contributed by atoms with Gasteiger partial charge in [-0.05, 0) is 48.2 Å². The highest BCUT2D eigenvalue weighted by Gasteiger charge is 2.49. The second-order valence-electron chi connectivity index (χ2n) is 7.40. The molecule has 3 aromatic rings. The summed E-state index contributed by atoms with van der Waals surface area (Å²) in [5.41, 5.74) is 2.91. The lowest BCUT2D eigenvalue weighted by Gasteiger charge is -2.24.